The van der Waals surface area contributed by atoms with Crippen LogP contribution in [0.15, 0.2) is 29.6 Å². The lowest BCUT2D eigenvalue weighted by atomic mass is 10.2. The number of amides is 1. The Balaban J connectivity index is 0.00000261. The van der Waals surface area contributed by atoms with E-state index < -0.39 is 0 Å². The Labute approximate surface area is 171 Å². The van der Waals surface area contributed by atoms with Crippen molar-refractivity contribution in [1.29, 1.82) is 0 Å². The maximum absolute atomic E-state index is 13.0. The van der Waals surface area contributed by atoms with E-state index in [4.69, 9.17) is 4.74 Å². The van der Waals surface area contributed by atoms with Crippen LogP contribution >= 0.6 is 23.7 Å². The molecular weight excluding hydrogens is 382 g/mol. The van der Waals surface area contributed by atoms with Crippen LogP contribution in [0.3, 0.4) is 0 Å². The summed E-state index contributed by atoms with van der Waals surface area (Å²) < 4.78 is 5.62. The molecule has 148 valence electrons. The molecule has 1 atom stereocenters. The summed E-state index contributed by atoms with van der Waals surface area (Å²) in [4.78, 5) is 19.6. The van der Waals surface area contributed by atoms with Crippen LogP contribution in [0.4, 0.5) is 0 Å². The van der Waals surface area contributed by atoms with E-state index >= 15 is 0 Å². The first-order chi connectivity index (χ1) is 12.7. The monoisotopic (exact) mass is 409 g/mol. The fourth-order valence-electron chi connectivity index (χ4n) is 3.16. The molecule has 0 radical (unpaired) electrons. The van der Waals surface area contributed by atoms with Crippen LogP contribution in [-0.2, 0) is 0 Å². The van der Waals surface area contributed by atoms with Gasteiger partial charge in [0.2, 0.25) is 0 Å². The maximum atomic E-state index is 13.0. The van der Waals surface area contributed by atoms with Gasteiger partial charge in [-0.1, -0.05) is 13.8 Å². The number of thiazole rings is 1. The topological polar surface area (TPSA) is 54.5 Å². The molecule has 2 heterocycles. The van der Waals surface area contributed by atoms with Crippen LogP contribution < -0.4 is 10.1 Å². The number of hydrogen-bond donors (Lipinski definition) is 1. The largest absolute Gasteiger partial charge is 0.494 e. The van der Waals surface area contributed by atoms with Gasteiger partial charge in [0.1, 0.15) is 16.5 Å². The SMILES string of the molecule is CCCOc1ccc(-c2nc(C(=O)N(CCC)C3CCNC3)cs2)cc1.Cl. The second-order valence-corrected chi connectivity index (χ2v) is 7.41. The average molecular weight is 410 g/mol. The number of carbonyl (C=O) groups excluding carboxylic acids is 1. The molecule has 1 amide bonds. The number of halogens is 1. The minimum absolute atomic E-state index is 0. The molecule has 1 aliphatic rings. The van der Waals surface area contributed by atoms with E-state index in [1.54, 1.807) is 0 Å². The van der Waals surface area contributed by atoms with Gasteiger partial charge in [-0.25, -0.2) is 4.98 Å². The number of ether oxygens (including phenoxy) is 1. The van der Waals surface area contributed by atoms with Crippen molar-refractivity contribution >= 4 is 29.7 Å². The fraction of sp³-hybridized carbons (Fsp3) is 0.500. The molecule has 3 rings (SSSR count). The first-order valence-electron chi connectivity index (χ1n) is 9.43. The molecule has 1 fully saturated rings. The molecule has 2 aromatic rings. The van der Waals surface area contributed by atoms with Crippen molar-refractivity contribution in [3.8, 4) is 16.3 Å². The first kappa shape index (κ1) is 21.7. The van der Waals surface area contributed by atoms with Gasteiger partial charge in [-0.2, -0.15) is 0 Å². The van der Waals surface area contributed by atoms with Crippen LogP contribution in [0.25, 0.3) is 10.6 Å². The quantitative estimate of drug-likeness (QED) is 0.708. The number of benzene rings is 1. The van der Waals surface area contributed by atoms with Crippen LogP contribution in [0.2, 0.25) is 0 Å². The van der Waals surface area contributed by atoms with Gasteiger partial charge in [-0.15, -0.1) is 23.7 Å². The predicted molar refractivity (Wildman–Crippen MR) is 113 cm³/mol. The van der Waals surface area contributed by atoms with E-state index in [2.05, 4.69) is 24.1 Å². The Bertz CT molecular complexity index is 714. The van der Waals surface area contributed by atoms with E-state index in [0.717, 1.165) is 61.8 Å². The third-order valence-corrected chi connectivity index (χ3v) is 5.39. The number of rotatable bonds is 8. The van der Waals surface area contributed by atoms with Crippen LogP contribution in [-0.4, -0.2) is 48.1 Å². The fourth-order valence-corrected chi connectivity index (χ4v) is 3.96. The number of nitrogens with one attached hydrogen (secondary N) is 1. The van der Waals surface area contributed by atoms with Crippen molar-refractivity contribution < 1.29 is 9.53 Å². The summed E-state index contributed by atoms with van der Waals surface area (Å²) in [5.74, 6) is 0.914. The summed E-state index contributed by atoms with van der Waals surface area (Å²) >= 11 is 1.52. The Morgan fingerprint density at radius 3 is 2.70 bits per heavy atom. The van der Waals surface area contributed by atoms with Crippen molar-refractivity contribution in [2.75, 3.05) is 26.2 Å². The maximum Gasteiger partial charge on any atom is 0.273 e. The molecule has 27 heavy (non-hydrogen) atoms. The molecule has 1 unspecified atom stereocenters. The van der Waals surface area contributed by atoms with Crippen molar-refractivity contribution in [3.05, 3.63) is 35.3 Å². The van der Waals surface area contributed by atoms with Gasteiger partial charge >= 0.3 is 0 Å². The zero-order valence-corrected chi connectivity index (χ0v) is 17.6. The molecule has 0 saturated carbocycles. The van der Waals surface area contributed by atoms with Gasteiger partial charge in [0.25, 0.3) is 5.91 Å². The molecule has 1 aliphatic heterocycles. The third kappa shape index (κ3) is 5.43. The highest BCUT2D eigenvalue weighted by atomic mass is 35.5. The standard InChI is InChI=1S/C20H27N3O2S.ClH/c1-3-11-23(16-9-10-21-13-16)20(24)18-14-26-19(22-18)15-5-7-17(8-6-15)25-12-4-2;/h5-8,14,16,21H,3-4,9-13H2,1-2H3;1H. The Kier molecular flexibility index (Phi) is 8.54. The second kappa shape index (κ2) is 10.6. The molecule has 1 aromatic carbocycles. The summed E-state index contributed by atoms with van der Waals surface area (Å²) in [5, 5.41) is 6.10. The number of hydrogen-bond acceptors (Lipinski definition) is 5. The highest BCUT2D eigenvalue weighted by molar-refractivity contribution is 7.13. The van der Waals surface area contributed by atoms with Gasteiger partial charge in [-0.3, -0.25) is 4.79 Å². The van der Waals surface area contributed by atoms with Crippen LogP contribution in [0, 0.1) is 0 Å². The van der Waals surface area contributed by atoms with E-state index in [0.29, 0.717) is 5.69 Å². The molecule has 1 N–H and O–H groups in total. The van der Waals surface area contributed by atoms with E-state index in [-0.39, 0.29) is 24.4 Å². The number of carbonyl (C=O) groups is 1. The van der Waals surface area contributed by atoms with Crippen molar-refractivity contribution in [3.63, 3.8) is 0 Å². The molecule has 0 aliphatic carbocycles. The first-order valence-corrected chi connectivity index (χ1v) is 10.3. The van der Waals surface area contributed by atoms with Gasteiger partial charge in [0.15, 0.2) is 0 Å². The average Bonchev–Trinajstić information content (AvgIpc) is 3.36. The molecule has 7 heteroatoms. The van der Waals surface area contributed by atoms with Gasteiger partial charge in [-0.05, 0) is 50.1 Å². The lowest BCUT2D eigenvalue weighted by Crippen LogP contribution is -2.42. The van der Waals surface area contributed by atoms with Crippen LogP contribution in [0.1, 0.15) is 43.6 Å². The summed E-state index contributed by atoms with van der Waals surface area (Å²) in [6.07, 6.45) is 2.96. The van der Waals surface area contributed by atoms with E-state index in [9.17, 15) is 4.79 Å². The molecule has 1 saturated heterocycles. The van der Waals surface area contributed by atoms with Crippen molar-refractivity contribution in [2.45, 2.75) is 39.2 Å². The number of nitrogens with zero attached hydrogens (tertiary/aromatic N) is 2. The van der Waals surface area contributed by atoms with Crippen LogP contribution in [0.5, 0.6) is 5.75 Å². The summed E-state index contributed by atoms with van der Waals surface area (Å²) in [6, 6.07) is 8.21. The van der Waals surface area contributed by atoms with E-state index in [1.165, 1.54) is 11.3 Å². The normalized spacial score (nSPS) is 16.0. The smallest absolute Gasteiger partial charge is 0.273 e. The van der Waals surface area contributed by atoms with Gasteiger partial charge < -0.3 is 15.0 Å². The summed E-state index contributed by atoms with van der Waals surface area (Å²) in [6.45, 7) is 7.55. The van der Waals surface area contributed by atoms with E-state index in [1.807, 2.05) is 34.5 Å². The molecule has 0 spiro atoms. The minimum Gasteiger partial charge on any atom is -0.494 e. The highest BCUT2D eigenvalue weighted by Crippen LogP contribution is 2.27. The van der Waals surface area contributed by atoms with Crippen molar-refractivity contribution in [1.82, 2.24) is 15.2 Å². The summed E-state index contributed by atoms with van der Waals surface area (Å²) in [7, 11) is 0. The lowest BCUT2D eigenvalue weighted by molar-refractivity contribution is 0.0687. The molecule has 0 bridgehead atoms. The molecular formula is C20H28ClN3O2S. The van der Waals surface area contributed by atoms with Gasteiger partial charge in [0, 0.05) is 30.1 Å². The Morgan fingerprint density at radius 2 is 2.07 bits per heavy atom. The van der Waals surface area contributed by atoms with Crippen molar-refractivity contribution in [2.24, 2.45) is 0 Å². The minimum atomic E-state index is 0. The highest BCUT2D eigenvalue weighted by Gasteiger charge is 2.28. The van der Waals surface area contributed by atoms with Gasteiger partial charge in [0.05, 0.1) is 6.61 Å². The molecule has 1 aromatic heterocycles. The Morgan fingerprint density at radius 1 is 1.30 bits per heavy atom. The lowest BCUT2D eigenvalue weighted by Gasteiger charge is -2.27. The zero-order valence-electron chi connectivity index (χ0n) is 15.9. The third-order valence-electron chi connectivity index (χ3n) is 4.50. The molecule has 5 nitrogen and oxygen atoms in total. The second-order valence-electron chi connectivity index (χ2n) is 6.56. The summed E-state index contributed by atoms with van der Waals surface area (Å²) in [5.41, 5.74) is 1.57. The number of aromatic nitrogens is 1. The zero-order chi connectivity index (χ0) is 18.4. The predicted octanol–water partition coefficient (Wildman–Crippen LogP) is 4.23. The Hall–Kier alpha value is -1.63.